The highest BCUT2D eigenvalue weighted by atomic mass is 19.4. The zero-order valence-electron chi connectivity index (χ0n) is 10.5. The van der Waals surface area contributed by atoms with Crippen molar-refractivity contribution in [2.45, 2.75) is 18.6 Å². The number of nitrogens with zero attached hydrogens (tertiary/aromatic N) is 2. The average Bonchev–Trinajstić information content (AvgIpc) is 2.85. The Bertz CT molecular complexity index is 511. The fourth-order valence-corrected chi connectivity index (χ4v) is 1.92. The minimum absolute atomic E-state index is 0.302. The summed E-state index contributed by atoms with van der Waals surface area (Å²) in [7, 11) is 0. The van der Waals surface area contributed by atoms with E-state index in [9.17, 15) is 18.0 Å². The van der Waals surface area contributed by atoms with Gasteiger partial charge in [0.15, 0.2) is 6.04 Å². The molecule has 0 amide bonds. The van der Waals surface area contributed by atoms with Crippen LogP contribution in [0.2, 0.25) is 0 Å². The van der Waals surface area contributed by atoms with Crippen LogP contribution in [0.4, 0.5) is 13.2 Å². The molecule has 0 saturated carbocycles. The second-order valence-electron chi connectivity index (χ2n) is 4.56. The molecule has 2 rings (SSSR count). The molecule has 1 N–H and O–H groups in total. The van der Waals surface area contributed by atoms with Crippen LogP contribution in [-0.2, 0) is 17.4 Å². The lowest BCUT2D eigenvalue weighted by Crippen LogP contribution is -2.29. The van der Waals surface area contributed by atoms with Gasteiger partial charge in [-0.05, 0) is 24.1 Å². The summed E-state index contributed by atoms with van der Waals surface area (Å²) in [4.78, 5) is 16.3. The first-order valence-electron chi connectivity index (χ1n) is 6.02. The normalized spacial score (nSPS) is 18.6. The first-order chi connectivity index (χ1) is 9.36. The third-order valence-electron chi connectivity index (χ3n) is 3.07. The SMILES string of the molecule is O=C(O)C1CN(CCc2ccc(C(F)(F)F)cc2)C=N1. The van der Waals surface area contributed by atoms with Gasteiger partial charge in [0, 0.05) is 6.54 Å². The third-order valence-corrected chi connectivity index (χ3v) is 3.07. The number of benzene rings is 1. The molecule has 0 fully saturated rings. The van der Waals surface area contributed by atoms with Crippen molar-refractivity contribution in [1.29, 1.82) is 0 Å². The van der Waals surface area contributed by atoms with Crippen LogP contribution in [-0.4, -0.2) is 41.4 Å². The molecular formula is C13H13F3N2O2. The van der Waals surface area contributed by atoms with Gasteiger partial charge in [-0.1, -0.05) is 12.1 Å². The molecule has 1 aliphatic heterocycles. The van der Waals surface area contributed by atoms with Crippen molar-refractivity contribution >= 4 is 12.3 Å². The van der Waals surface area contributed by atoms with Crippen molar-refractivity contribution in [3.63, 3.8) is 0 Å². The van der Waals surface area contributed by atoms with Crippen molar-refractivity contribution in [2.24, 2.45) is 4.99 Å². The van der Waals surface area contributed by atoms with Crippen LogP contribution in [0, 0.1) is 0 Å². The Balaban J connectivity index is 1.86. The predicted octanol–water partition coefficient (Wildman–Crippen LogP) is 2.04. The lowest BCUT2D eigenvalue weighted by Gasteiger charge is -2.15. The zero-order chi connectivity index (χ0) is 14.8. The Morgan fingerprint density at radius 1 is 1.35 bits per heavy atom. The topological polar surface area (TPSA) is 52.9 Å². The monoisotopic (exact) mass is 286 g/mol. The maximum Gasteiger partial charge on any atom is 0.416 e. The second kappa shape index (κ2) is 5.52. The Labute approximate surface area is 113 Å². The molecule has 1 aromatic rings. The standard InChI is InChI=1S/C13H13F3N2O2/c14-13(15,16)10-3-1-9(2-4-10)5-6-18-7-11(12(19)20)17-8-18/h1-4,8,11H,5-7H2,(H,19,20). The number of hydrogen-bond donors (Lipinski definition) is 1. The number of carbonyl (C=O) groups is 1. The summed E-state index contributed by atoms with van der Waals surface area (Å²) in [5.41, 5.74) is 0.0973. The van der Waals surface area contributed by atoms with Crippen LogP contribution in [0.5, 0.6) is 0 Å². The molecule has 1 atom stereocenters. The summed E-state index contributed by atoms with van der Waals surface area (Å²) < 4.78 is 37.2. The summed E-state index contributed by atoms with van der Waals surface area (Å²) >= 11 is 0. The van der Waals surface area contributed by atoms with E-state index in [0.29, 0.717) is 19.5 Å². The fraction of sp³-hybridized carbons (Fsp3) is 0.385. The first kappa shape index (κ1) is 14.4. The van der Waals surface area contributed by atoms with E-state index in [1.54, 1.807) is 4.90 Å². The van der Waals surface area contributed by atoms with E-state index in [-0.39, 0.29) is 0 Å². The molecule has 0 aromatic heterocycles. The maximum absolute atomic E-state index is 12.4. The van der Waals surface area contributed by atoms with E-state index < -0.39 is 23.8 Å². The number of alkyl halides is 3. The Morgan fingerprint density at radius 2 is 2.00 bits per heavy atom. The maximum atomic E-state index is 12.4. The summed E-state index contributed by atoms with van der Waals surface area (Å²) in [6.45, 7) is 0.828. The Hall–Kier alpha value is -2.05. The van der Waals surface area contributed by atoms with Crippen LogP contribution in [0.3, 0.4) is 0 Å². The molecule has 0 radical (unpaired) electrons. The quantitative estimate of drug-likeness (QED) is 0.921. The van der Waals surface area contributed by atoms with E-state index in [1.165, 1.54) is 18.5 Å². The summed E-state index contributed by atoms with van der Waals surface area (Å²) in [5.74, 6) is -0.974. The molecule has 0 spiro atoms. The highest BCUT2D eigenvalue weighted by Crippen LogP contribution is 2.29. The highest BCUT2D eigenvalue weighted by molar-refractivity contribution is 5.78. The van der Waals surface area contributed by atoms with Crippen molar-refractivity contribution in [3.8, 4) is 0 Å². The number of aliphatic imine (C=N–C) groups is 1. The Morgan fingerprint density at radius 3 is 2.50 bits per heavy atom. The first-order valence-corrected chi connectivity index (χ1v) is 6.02. The molecule has 1 aromatic carbocycles. The second-order valence-corrected chi connectivity index (χ2v) is 4.56. The van der Waals surface area contributed by atoms with Gasteiger partial charge in [0.05, 0.1) is 18.4 Å². The average molecular weight is 286 g/mol. The molecule has 1 heterocycles. The summed E-state index contributed by atoms with van der Waals surface area (Å²) in [5, 5.41) is 8.78. The van der Waals surface area contributed by atoms with E-state index >= 15 is 0 Å². The minimum atomic E-state index is -4.32. The number of halogens is 3. The van der Waals surface area contributed by atoms with Gasteiger partial charge in [0.1, 0.15) is 0 Å². The van der Waals surface area contributed by atoms with Crippen LogP contribution in [0.25, 0.3) is 0 Å². The van der Waals surface area contributed by atoms with E-state index in [4.69, 9.17) is 5.11 Å². The van der Waals surface area contributed by atoms with Crippen LogP contribution >= 0.6 is 0 Å². The molecule has 1 aliphatic rings. The number of hydrogen-bond acceptors (Lipinski definition) is 3. The van der Waals surface area contributed by atoms with E-state index in [2.05, 4.69) is 4.99 Å². The van der Waals surface area contributed by atoms with Crippen molar-refractivity contribution < 1.29 is 23.1 Å². The number of carboxylic acids is 1. The lowest BCUT2D eigenvalue weighted by atomic mass is 10.1. The van der Waals surface area contributed by atoms with Crippen LogP contribution in [0.15, 0.2) is 29.3 Å². The molecule has 7 heteroatoms. The van der Waals surface area contributed by atoms with Gasteiger partial charge < -0.3 is 10.0 Å². The predicted molar refractivity (Wildman–Crippen MR) is 66.6 cm³/mol. The van der Waals surface area contributed by atoms with Crippen LogP contribution in [0.1, 0.15) is 11.1 Å². The molecule has 1 unspecified atom stereocenters. The molecule has 0 saturated heterocycles. The van der Waals surface area contributed by atoms with Gasteiger partial charge in [0.25, 0.3) is 0 Å². The van der Waals surface area contributed by atoms with E-state index in [1.807, 2.05) is 0 Å². The summed E-state index contributed by atoms with van der Waals surface area (Å²) in [6, 6.07) is 4.22. The molecule has 0 bridgehead atoms. The van der Waals surface area contributed by atoms with Crippen molar-refractivity contribution in [3.05, 3.63) is 35.4 Å². The van der Waals surface area contributed by atoms with Gasteiger partial charge >= 0.3 is 12.1 Å². The summed E-state index contributed by atoms with van der Waals surface area (Å²) in [6.07, 6.45) is -2.31. The van der Waals surface area contributed by atoms with Gasteiger partial charge in [-0.15, -0.1) is 0 Å². The van der Waals surface area contributed by atoms with Gasteiger partial charge in [-0.25, -0.2) is 4.79 Å². The van der Waals surface area contributed by atoms with E-state index in [0.717, 1.165) is 17.7 Å². The highest BCUT2D eigenvalue weighted by Gasteiger charge is 2.30. The van der Waals surface area contributed by atoms with Gasteiger partial charge in [-0.3, -0.25) is 4.99 Å². The Kier molecular flexibility index (Phi) is 3.96. The lowest BCUT2D eigenvalue weighted by molar-refractivity contribution is -0.138. The number of aliphatic carboxylic acids is 1. The van der Waals surface area contributed by atoms with Gasteiger partial charge in [-0.2, -0.15) is 13.2 Å². The van der Waals surface area contributed by atoms with Crippen molar-refractivity contribution in [2.75, 3.05) is 13.1 Å². The fourth-order valence-electron chi connectivity index (χ4n) is 1.92. The molecule has 0 aliphatic carbocycles. The van der Waals surface area contributed by atoms with Crippen LogP contribution < -0.4 is 0 Å². The van der Waals surface area contributed by atoms with Crippen molar-refractivity contribution in [1.82, 2.24) is 4.90 Å². The van der Waals surface area contributed by atoms with Gasteiger partial charge in [0.2, 0.25) is 0 Å². The smallest absolute Gasteiger partial charge is 0.416 e. The molecule has 4 nitrogen and oxygen atoms in total. The number of rotatable bonds is 4. The molecular weight excluding hydrogens is 273 g/mol. The molecule has 108 valence electrons. The largest absolute Gasteiger partial charge is 0.480 e. The minimum Gasteiger partial charge on any atom is -0.480 e. The molecule has 20 heavy (non-hydrogen) atoms. The zero-order valence-corrected chi connectivity index (χ0v) is 10.5. The number of carboxylic acid groups (broad SMARTS) is 1. The third kappa shape index (κ3) is 3.49.